The molecule has 0 aromatic heterocycles. The standard InChI is InChI=1S/C24H27N3O4/c1-16(24(29)27-13-10-17-4-2-3-5-20(17)27)26-11-8-18(9-12-26)23(28)25-19-6-7-21-22(14-19)31-15-30-21/h2-7,14,16,18H,8-13,15H2,1H3,(H,25,28)/t16-/m1/s1. The van der Waals surface area contributed by atoms with Crippen molar-refractivity contribution >= 4 is 23.2 Å². The Morgan fingerprint density at radius 3 is 2.65 bits per heavy atom. The summed E-state index contributed by atoms with van der Waals surface area (Å²) in [5.74, 6) is 1.46. The smallest absolute Gasteiger partial charge is 0.244 e. The quantitative estimate of drug-likeness (QED) is 0.822. The number of para-hydroxylation sites is 1. The molecule has 31 heavy (non-hydrogen) atoms. The Balaban J connectivity index is 1.16. The van der Waals surface area contributed by atoms with Crippen molar-refractivity contribution in [2.24, 2.45) is 5.92 Å². The average Bonchev–Trinajstić information content (AvgIpc) is 3.45. The number of anilines is 2. The van der Waals surface area contributed by atoms with E-state index in [1.165, 1.54) is 5.56 Å². The Labute approximate surface area is 181 Å². The summed E-state index contributed by atoms with van der Waals surface area (Å²) in [7, 11) is 0. The summed E-state index contributed by atoms with van der Waals surface area (Å²) in [5.41, 5.74) is 2.99. The Hall–Kier alpha value is -3.06. The number of benzene rings is 2. The third-order valence-corrected chi connectivity index (χ3v) is 6.60. The number of amides is 2. The molecule has 7 nitrogen and oxygen atoms in total. The second-order valence-corrected chi connectivity index (χ2v) is 8.41. The fourth-order valence-electron chi connectivity index (χ4n) is 4.72. The van der Waals surface area contributed by atoms with E-state index in [1.54, 1.807) is 6.07 Å². The fourth-order valence-corrected chi connectivity index (χ4v) is 4.72. The van der Waals surface area contributed by atoms with Crippen molar-refractivity contribution in [3.8, 4) is 11.5 Å². The molecule has 2 amide bonds. The molecule has 1 fully saturated rings. The largest absolute Gasteiger partial charge is 0.454 e. The van der Waals surface area contributed by atoms with Gasteiger partial charge in [0.15, 0.2) is 11.5 Å². The maximum absolute atomic E-state index is 13.1. The molecule has 3 aliphatic heterocycles. The van der Waals surface area contributed by atoms with E-state index in [1.807, 2.05) is 42.2 Å². The predicted octanol–water partition coefficient (Wildman–Crippen LogP) is 3.04. The van der Waals surface area contributed by atoms with Gasteiger partial charge in [-0.15, -0.1) is 0 Å². The second-order valence-electron chi connectivity index (χ2n) is 8.41. The van der Waals surface area contributed by atoms with Crippen LogP contribution in [-0.4, -0.2) is 49.2 Å². The molecule has 162 valence electrons. The molecule has 2 aromatic rings. The lowest BCUT2D eigenvalue weighted by atomic mass is 9.94. The fraction of sp³-hybridized carbons (Fsp3) is 0.417. The highest BCUT2D eigenvalue weighted by molar-refractivity contribution is 5.98. The molecule has 2 aromatic carbocycles. The van der Waals surface area contributed by atoms with Crippen molar-refractivity contribution in [1.82, 2.24) is 4.90 Å². The summed E-state index contributed by atoms with van der Waals surface area (Å²) in [5, 5.41) is 3.00. The van der Waals surface area contributed by atoms with Gasteiger partial charge in [-0.3, -0.25) is 14.5 Å². The van der Waals surface area contributed by atoms with E-state index in [0.717, 1.165) is 44.6 Å². The van der Waals surface area contributed by atoms with Gasteiger partial charge in [0.2, 0.25) is 18.6 Å². The van der Waals surface area contributed by atoms with E-state index in [9.17, 15) is 9.59 Å². The van der Waals surface area contributed by atoms with Crippen molar-refractivity contribution in [2.45, 2.75) is 32.2 Å². The molecule has 7 heteroatoms. The molecule has 0 radical (unpaired) electrons. The zero-order valence-corrected chi connectivity index (χ0v) is 17.7. The first-order chi connectivity index (χ1) is 15.1. The molecule has 0 saturated carbocycles. The van der Waals surface area contributed by atoms with Crippen LogP contribution >= 0.6 is 0 Å². The van der Waals surface area contributed by atoms with E-state index < -0.39 is 0 Å². The third kappa shape index (κ3) is 3.85. The van der Waals surface area contributed by atoms with Crippen LogP contribution < -0.4 is 19.7 Å². The van der Waals surface area contributed by atoms with Gasteiger partial charge in [0, 0.05) is 29.9 Å². The van der Waals surface area contributed by atoms with Gasteiger partial charge in [0.1, 0.15) is 0 Å². The Bertz CT molecular complexity index is 1000. The second kappa shape index (κ2) is 8.23. The van der Waals surface area contributed by atoms with E-state index in [2.05, 4.69) is 16.3 Å². The van der Waals surface area contributed by atoms with Gasteiger partial charge < -0.3 is 19.7 Å². The van der Waals surface area contributed by atoms with E-state index in [-0.39, 0.29) is 30.6 Å². The zero-order valence-electron chi connectivity index (χ0n) is 17.7. The highest BCUT2D eigenvalue weighted by Crippen LogP contribution is 2.34. The lowest BCUT2D eigenvalue weighted by Gasteiger charge is -2.36. The monoisotopic (exact) mass is 421 g/mol. The van der Waals surface area contributed by atoms with Crippen molar-refractivity contribution < 1.29 is 19.1 Å². The van der Waals surface area contributed by atoms with Crippen LogP contribution in [0.3, 0.4) is 0 Å². The Morgan fingerprint density at radius 1 is 1.03 bits per heavy atom. The number of likely N-dealkylation sites (tertiary alicyclic amines) is 1. The maximum atomic E-state index is 13.1. The lowest BCUT2D eigenvalue weighted by molar-refractivity contribution is -0.124. The predicted molar refractivity (Wildman–Crippen MR) is 117 cm³/mol. The van der Waals surface area contributed by atoms with Gasteiger partial charge in [0.25, 0.3) is 0 Å². The molecule has 0 aliphatic carbocycles. The number of nitrogens with one attached hydrogen (secondary N) is 1. The summed E-state index contributed by atoms with van der Waals surface area (Å²) in [6.07, 6.45) is 2.39. The summed E-state index contributed by atoms with van der Waals surface area (Å²) < 4.78 is 10.7. The van der Waals surface area contributed by atoms with Gasteiger partial charge in [-0.2, -0.15) is 0 Å². The summed E-state index contributed by atoms with van der Waals surface area (Å²) in [6, 6.07) is 13.4. The number of hydrogen-bond acceptors (Lipinski definition) is 5. The van der Waals surface area contributed by atoms with Crippen LogP contribution in [0.4, 0.5) is 11.4 Å². The van der Waals surface area contributed by atoms with Crippen molar-refractivity contribution in [3.63, 3.8) is 0 Å². The van der Waals surface area contributed by atoms with Crippen LogP contribution in [0.2, 0.25) is 0 Å². The molecule has 1 atom stereocenters. The Kier molecular flexibility index (Phi) is 5.28. The van der Waals surface area contributed by atoms with Gasteiger partial charge in [-0.1, -0.05) is 18.2 Å². The normalized spacial score (nSPS) is 19.2. The highest BCUT2D eigenvalue weighted by Gasteiger charge is 2.34. The van der Waals surface area contributed by atoms with E-state index in [4.69, 9.17) is 9.47 Å². The summed E-state index contributed by atoms with van der Waals surface area (Å²) in [6.45, 7) is 4.42. The minimum absolute atomic E-state index is 0.0194. The number of carbonyl (C=O) groups is 2. The lowest BCUT2D eigenvalue weighted by Crippen LogP contribution is -2.50. The highest BCUT2D eigenvalue weighted by atomic mass is 16.7. The Morgan fingerprint density at radius 2 is 1.81 bits per heavy atom. The number of rotatable bonds is 4. The maximum Gasteiger partial charge on any atom is 0.244 e. The molecule has 3 aliphatic rings. The summed E-state index contributed by atoms with van der Waals surface area (Å²) >= 11 is 0. The zero-order chi connectivity index (χ0) is 21.4. The number of nitrogens with zero attached hydrogens (tertiary/aromatic N) is 2. The van der Waals surface area contributed by atoms with Crippen LogP contribution in [0, 0.1) is 5.92 Å². The van der Waals surface area contributed by atoms with Crippen molar-refractivity contribution in [2.75, 3.05) is 36.6 Å². The van der Waals surface area contributed by atoms with Crippen LogP contribution in [0.5, 0.6) is 11.5 Å². The van der Waals surface area contributed by atoms with Gasteiger partial charge in [-0.25, -0.2) is 0 Å². The first-order valence-corrected chi connectivity index (χ1v) is 10.9. The SMILES string of the molecule is C[C@H](C(=O)N1CCc2ccccc21)N1CCC(C(=O)Nc2ccc3c(c2)OCO3)CC1. The van der Waals surface area contributed by atoms with Gasteiger partial charge in [0.05, 0.1) is 6.04 Å². The van der Waals surface area contributed by atoms with Crippen LogP contribution in [0.25, 0.3) is 0 Å². The molecule has 1 N–H and O–H groups in total. The molecule has 0 spiro atoms. The molecule has 0 bridgehead atoms. The number of carbonyl (C=O) groups excluding carboxylic acids is 2. The molecular weight excluding hydrogens is 394 g/mol. The number of fused-ring (bicyclic) bond motifs is 2. The number of piperidine rings is 1. The van der Waals surface area contributed by atoms with Gasteiger partial charge >= 0.3 is 0 Å². The number of ether oxygens (including phenoxy) is 2. The molecule has 0 unspecified atom stereocenters. The van der Waals surface area contributed by atoms with E-state index >= 15 is 0 Å². The van der Waals surface area contributed by atoms with Gasteiger partial charge in [-0.05, 0) is 63.0 Å². The van der Waals surface area contributed by atoms with Crippen LogP contribution in [0.1, 0.15) is 25.3 Å². The summed E-state index contributed by atoms with van der Waals surface area (Å²) in [4.78, 5) is 30.0. The first kappa shape index (κ1) is 19.9. The first-order valence-electron chi connectivity index (χ1n) is 10.9. The van der Waals surface area contributed by atoms with Crippen molar-refractivity contribution in [1.29, 1.82) is 0 Å². The molecule has 3 heterocycles. The topological polar surface area (TPSA) is 71.1 Å². The molecule has 5 rings (SSSR count). The van der Waals surface area contributed by atoms with Crippen LogP contribution in [-0.2, 0) is 16.0 Å². The van der Waals surface area contributed by atoms with Crippen LogP contribution in [0.15, 0.2) is 42.5 Å². The molecular formula is C24H27N3O4. The average molecular weight is 421 g/mol. The minimum atomic E-state index is -0.191. The molecule has 1 saturated heterocycles. The minimum Gasteiger partial charge on any atom is -0.454 e. The number of hydrogen-bond donors (Lipinski definition) is 1. The third-order valence-electron chi connectivity index (χ3n) is 6.60. The van der Waals surface area contributed by atoms with Crippen molar-refractivity contribution in [3.05, 3.63) is 48.0 Å². The van der Waals surface area contributed by atoms with E-state index in [0.29, 0.717) is 17.2 Å².